The summed E-state index contributed by atoms with van der Waals surface area (Å²) in [5.41, 5.74) is -0.656. The Bertz CT molecular complexity index is 404. The van der Waals surface area contributed by atoms with Crippen molar-refractivity contribution in [1.82, 2.24) is 0 Å². The minimum Gasteiger partial charge on any atom is -0.396 e. The van der Waals surface area contributed by atoms with E-state index in [1.54, 1.807) is 0 Å². The smallest absolute Gasteiger partial charge is 0.0677 e. The number of hydrogen-bond acceptors (Lipinski definition) is 3. The highest BCUT2D eigenvalue weighted by atomic mass is 16.3. The van der Waals surface area contributed by atoms with Crippen LogP contribution in [0.4, 0.5) is 0 Å². The van der Waals surface area contributed by atoms with Crippen LogP contribution in [-0.4, -0.2) is 33.6 Å². The van der Waals surface area contributed by atoms with Gasteiger partial charge in [-0.25, -0.2) is 0 Å². The molecule has 0 bridgehead atoms. The molecule has 3 N–H and O–H groups in total. The molecule has 0 aromatic heterocycles. The average Bonchev–Trinajstić information content (AvgIpc) is 2.35. The maximum absolute atomic E-state index is 11.1. The number of aliphatic hydroxyl groups excluding tert-OH is 2. The van der Waals surface area contributed by atoms with Crippen molar-refractivity contribution < 1.29 is 15.3 Å². The van der Waals surface area contributed by atoms with E-state index in [0.29, 0.717) is 12.3 Å². The van der Waals surface area contributed by atoms with Crippen molar-refractivity contribution in [3.05, 3.63) is 0 Å². The quantitative estimate of drug-likeness (QED) is 0.721. The second kappa shape index (κ2) is 6.65. The van der Waals surface area contributed by atoms with Crippen molar-refractivity contribution in [1.29, 1.82) is 0 Å². The van der Waals surface area contributed by atoms with E-state index in [1.165, 1.54) is 12.8 Å². The first-order valence-corrected chi connectivity index (χ1v) is 9.56. The maximum atomic E-state index is 11.1. The van der Waals surface area contributed by atoms with Crippen LogP contribution in [0.2, 0.25) is 0 Å². The Kier molecular flexibility index (Phi) is 5.55. The van der Waals surface area contributed by atoms with Gasteiger partial charge in [-0.15, -0.1) is 0 Å². The molecule has 0 spiro atoms. The lowest BCUT2D eigenvalue weighted by molar-refractivity contribution is -0.215. The molecule has 3 heteroatoms. The summed E-state index contributed by atoms with van der Waals surface area (Å²) < 4.78 is 0. The van der Waals surface area contributed by atoms with E-state index in [1.807, 2.05) is 6.92 Å². The molecule has 0 unspecified atom stereocenters. The predicted molar refractivity (Wildman–Crippen MR) is 94.1 cm³/mol. The first kappa shape index (κ1) is 19.2. The molecule has 0 radical (unpaired) electrons. The van der Waals surface area contributed by atoms with Gasteiger partial charge in [0.25, 0.3) is 0 Å². The fourth-order valence-corrected chi connectivity index (χ4v) is 6.33. The van der Waals surface area contributed by atoms with Gasteiger partial charge in [-0.3, -0.25) is 0 Å². The largest absolute Gasteiger partial charge is 0.396 e. The van der Waals surface area contributed by atoms with E-state index in [9.17, 15) is 10.2 Å². The monoisotopic (exact) mass is 326 g/mol. The third kappa shape index (κ3) is 3.62. The highest BCUT2D eigenvalue weighted by Crippen LogP contribution is 2.63. The van der Waals surface area contributed by atoms with Gasteiger partial charge in [0.2, 0.25) is 0 Å². The summed E-state index contributed by atoms with van der Waals surface area (Å²) >= 11 is 0. The van der Waals surface area contributed by atoms with E-state index >= 15 is 0 Å². The molecule has 2 aliphatic carbocycles. The number of aliphatic hydroxyl groups is 3. The molecule has 0 amide bonds. The minimum atomic E-state index is -0.795. The molecule has 2 saturated carbocycles. The van der Waals surface area contributed by atoms with E-state index in [0.717, 1.165) is 25.7 Å². The molecule has 0 aliphatic heterocycles. The summed E-state index contributed by atoms with van der Waals surface area (Å²) in [7, 11) is 0. The van der Waals surface area contributed by atoms with Gasteiger partial charge in [0.1, 0.15) is 0 Å². The summed E-state index contributed by atoms with van der Waals surface area (Å²) in [5.74, 6) is 0.979. The van der Waals surface area contributed by atoms with Gasteiger partial charge in [-0.2, -0.15) is 0 Å². The number of hydrogen-bond donors (Lipinski definition) is 3. The zero-order valence-corrected chi connectivity index (χ0v) is 15.8. The molecule has 23 heavy (non-hydrogen) atoms. The topological polar surface area (TPSA) is 60.7 Å². The zero-order chi connectivity index (χ0) is 17.5. The van der Waals surface area contributed by atoms with E-state index in [4.69, 9.17) is 5.11 Å². The van der Waals surface area contributed by atoms with E-state index in [2.05, 4.69) is 27.7 Å². The Morgan fingerprint density at radius 3 is 2.35 bits per heavy atom. The lowest BCUT2D eigenvalue weighted by Crippen LogP contribution is -2.62. The Hall–Kier alpha value is -0.120. The highest BCUT2D eigenvalue weighted by Gasteiger charge is 2.60. The molecule has 2 fully saturated rings. The molecule has 0 saturated heterocycles. The Morgan fingerprint density at radius 1 is 1.09 bits per heavy atom. The summed E-state index contributed by atoms with van der Waals surface area (Å²) in [6.45, 7) is 11.3. The van der Waals surface area contributed by atoms with Crippen LogP contribution in [0.3, 0.4) is 0 Å². The number of rotatable bonds is 5. The third-order valence-electron chi connectivity index (χ3n) is 7.21. The van der Waals surface area contributed by atoms with Crippen LogP contribution in [0, 0.1) is 28.6 Å². The first-order chi connectivity index (χ1) is 10.5. The van der Waals surface area contributed by atoms with Crippen molar-refractivity contribution in [2.24, 2.45) is 28.6 Å². The molecule has 6 atom stereocenters. The molecule has 0 heterocycles. The molecule has 3 nitrogen and oxygen atoms in total. The fourth-order valence-electron chi connectivity index (χ4n) is 6.33. The van der Waals surface area contributed by atoms with E-state index in [-0.39, 0.29) is 29.3 Å². The molecular formula is C20H38O3. The lowest BCUT2D eigenvalue weighted by atomic mass is 9.44. The molecule has 136 valence electrons. The second-order valence-electron chi connectivity index (χ2n) is 9.70. The molecule has 0 aromatic carbocycles. The molecule has 0 aromatic rings. The first-order valence-electron chi connectivity index (χ1n) is 9.56. The van der Waals surface area contributed by atoms with Crippen LogP contribution in [0.15, 0.2) is 0 Å². The third-order valence-corrected chi connectivity index (χ3v) is 7.21. The van der Waals surface area contributed by atoms with Crippen LogP contribution in [0.25, 0.3) is 0 Å². The summed E-state index contributed by atoms with van der Waals surface area (Å²) in [6, 6.07) is 0. The van der Waals surface area contributed by atoms with Gasteiger partial charge in [-0.05, 0) is 61.2 Å². The molecule has 2 aliphatic rings. The van der Waals surface area contributed by atoms with Gasteiger partial charge in [0, 0.05) is 13.0 Å². The van der Waals surface area contributed by atoms with Gasteiger partial charge in [0.05, 0.1) is 11.7 Å². The Balaban J connectivity index is 2.26. The second-order valence-corrected chi connectivity index (χ2v) is 9.70. The summed E-state index contributed by atoms with van der Waals surface area (Å²) in [5, 5.41) is 31.1. The van der Waals surface area contributed by atoms with Gasteiger partial charge >= 0.3 is 0 Å². The van der Waals surface area contributed by atoms with Crippen LogP contribution in [0.5, 0.6) is 0 Å². The maximum Gasteiger partial charge on any atom is 0.0677 e. The van der Waals surface area contributed by atoms with Crippen LogP contribution in [-0.2, 0) is 0 Å². The van der Waals surface area contributed by atoms with Gasteiger partial charge < -0.3 is 15.3 Å². The standard InChI is InChI=1S/C20H38O3/c1-14(9-12-21)7-8-16-19(4)11-6-10-18(2,3)17(19)15(22)13-20(16,5)23/h14-17,21-23H,6-13H2,1-5H3/t14-,15+,16+,17-,19+,20+/m0/s1. The van der Waals surface area contributed by atoms with Crippen molar-refractivity contribution in [3.8, 4) is 0 Å². The minimum absolute atomic E-state index is 0.00184. The summed E-state index contributed by atoms with van der Waals surface area (Å²) in [6.07, 6.45) is 6.42. The highest BCUT2D eigenvalue weighted by molar-refractivity contribution is 5.10. The van der Waals surface area contributed by atoms with Crippen LogP contribution in [0.1, 0.15) is 79.6 Å². The van der Waals surface area contributed by atoms with Crippen LogP contribution < -0.4 is 0 Å². The lowest BCUT2D eigenvalue weighted by Gasteiger charge is -2.63. The van der Waals surface area contributed by atoms with Gasteiger partial charge in [0.15, 0.2) is 0 Å². The average molecular weight is 327 g/mol. The molecule has 2 rings (SSSR count). The van der Waals surface area contributed by atoms with Crippen LogP contribution >= 0.6 is 0 Å². The number of fused-ring (bicyclic) bond motifs is 1. The van der Waals surface area contributed by atoms with Gasteiger partial charge in [-0.1, -0.05) is 40.5 Å². The van der Waals surface area contributed by atoms with Crippen molar-refractivity contribution in [2.75, 3.05) is 6.61 Å². The SMILES string of the molecule is C[C@H](CCO)CC[C@@H]1[C@@]2(C)CCCC(C)(C)[C@@H]2[C@H](O)C[C@@]1(C)O. The van der Waals surface area contributed by atoms with E-state index < -0.39 is 11.7 Å². The normalized spacial score (nSPS) is 44.6. The van der Waals surface area contributed by atoms with Crippen molar-refractivity contribution in [2.45, 2.75) is 91.3 Å². The zero-order valence-electron chi connectivity index (χ0n) is 15.8. The Labute approximate surface area is 142 Å². The van der Waals surface area contributed by atoms with Crippen molar-refractivity contribution in [3.63, 3.8) is 0 Å². The summed E-state index contributed by atoms with van der Waals surface area (Å²) in [4.78, 5) is 0. The molecular weight excluding hydrogens is 288 g/mol. The van der Waals surface area contributed by atoms with Crippen molar-refractivity contribution >= 4 is 0 Å². The fraction of sp³-hybridized carbons (Fsp3) is 1.00. The predicted octanol–water partition coefficient (Wildman–Crippen LogP) is 3.75. The Morgan fingerprint density at radius 2 is 1.74 bits per heavy atom.